The lowest BCUT2D eigenvalue weighted by molar-refractivity contribution is 0.140. The molecular weight excluding hydrogens is 196 g/mol. The van der Waals surface area contributed by atoms with Crippen LogP contribution in [0.2, 0.25) is 0 Å². The van der Waals surface area contributed by atoms with E-state index >= 15 is 0 Å². The smallest absolute Gasteiger partial charge is 0.00902 e. The highest BCUT2D eigenvalue weighted by atomic mass is 15.2. The molecule has 0 aliphatic heterocycles. The van der Waals surface area contributed by atoms with Gasteiger partial charge in [-0.1, -0.05) is 41.0 Å². The van der Waals surface area contributed by atoms with Gasteiger partial charge in [0.2, 0.25) is 0 Å². The first-order valence-electron chi connectivity index (χ1n) is 7.02. The fourth-order valence-corrected chi connectivity index (χ4v) is 2.35. The normalized spacial score (nSPS) is 14.1. The Bertz CT molecular complexity index is 149. The lowest BCUT2D eigenvalue weighted by Crippen LogP contribution is -2.41. The van der Waals surface area contributed by atoms with Gasteiger partial charge in [-0.15, -0.1) is 0 Å². The van der Waals surface area contributed by atoms with Crippen LogP contribution in [0.1, 0.15) is 53.9 Å². The summed E-state index contributed by atoms with van der Waals surface area (Å²) in [7, 11) is 0. The van der Waals surface area contributed by atoms with Gasteiger partial charge in [-0.05, 0) is 31.2 Å². The van der Waals surface area contributed by atoms with Gasteiger partial charge in [0.05, 0.1) is 0 Å². The Hall–Kier alpha value is -0.0800. The summed E-state index contributed by atoms with van der Waals surface area (Å²) in [5.41, 5.74) is 5.82. The van der Waals surface area contributed by atoms with E-state index in [9.17, 15) is 0 Å². The van der Waals surface area contributed by atoms with Crippen LogP contribution in [0.3, 0.4) is 0 Å². The summed E-state index contributed by atoms with van der Waals surface area (Å²) in [6, 6.07) is 0.739. The molecule has 0 spiro atoms. The van der Waals surface area contributed by atoms with E-state index in [0.29, 0.717) is 5.92 Å². The van der Waals surface area contributed by atoms with Crippen molar-refractivity contribution in [2.45, 2.75) is 59.9 Å². The van der Waals surface area contributed by atoms with E-state index in [1.807, 2.05) is 0 Å². The second-order valence-electron chi connectivity index (χ2n) is 5.33. The standard InChI is InChI=1S/C14H32N2/c1-6-13(9-15)11-16(10-12(4)5)14(7-2)8-3/h12-14H,6-11,15H2,1-5H3. The molecule has 0 fully saturated rings. The fraction of sp³-hybridized carbons (Fsp3) is 1.00. The number of nitrogens with zero attached hydrogens (tertiary/aromatic N) is 1. The van der Waals surface area contributed by atoms with Crippen LogP contribution in [-0.2, 0) is 0 Å². The van der Waals surface area contributed by atoms with Gasteiger partial charge < -0.3 is 5.73 Å². The van der Waals surface area contributed by atoms with Crippen LogP contribution < -0.4 is 5.73 Å². The van der Waals surface area contributed by atoms with Gasteiger partial charge in [-0.3, -0.25) is 4.90 Å². The molecule has 1 atom stereocenters. The summed E-state index contributed by atoms with van der Waals surface area (Å²) in [6.07, 6.45) is 3.71. The molecule has 0 rings (SSSR count). The maximum Gasteiger partial charge on any atom is 0.00902 e. The minimum atomic E-state index is 0.666. The predicted molar refractivity (Wildman–Crippen MR) is 73.6 cm³/mol. The molecule has 0 aromatic heterocycles. The van der Waals surface area contributed by atoms with Crippen molar-refractivity contribution < 1.29 is 0 Å². The number of nitrogens with two attached hydrogens (primary N) is 1. The molecule has 0 bridgehead atoms. The van der Waals surface area contributed by atoms with E-state index in [4.69, 9.17) is 5.73 Å². The van der Waals surface area contributed by atoms with Gasteiger partial charge in [0.1, 0.15) is 0 Å². The summed E-state index contributed by atoms with van der Waals surface area (Å²) in [5.74, 6) is 1.41. The van der Waals surface area contributed by atoms with Gasteiger partial charge in [0.25, 0.3) is 0 Å². The van der Waals surface area contributed by atoms with E-state index in [0.717, 1.165) is 18.5 Å². The summed E-state index contributed by atoms with van der Waals surface area (Å²) < 4.78 is 0. The molecule has 0 radical (unpaired) electrons. The van der Waals surface area contributed by atoms with Crippen LogP contribution in [0.25, 0.3) is 0 Å². The Morgan fingerprint density at radius 3 is 1.81 bits per heavy atom. The molecule has 0 aromatic carbocycles. The molecule has 0 aliphatic carbocycles. The van der Waals surface area contributed by atoms with Crippen LogP contribution in [0.4, 0.5) is 0 Å². The Balaban J connectivity index is 4.39. The van der Waals surface area contributed by atoms with Crippen molar-refractivity contribution in [2.75, 3.05) is 19.6 Å². The Morgan fingerprint density at radius 1 is 0.938 bits per heavy atom. The third-order valence-corrected chi connectivity index (χ3v) is 3.46. The van der Waals surface area contributed by atoms with Crippen molar-refractivity contribution in [3.8, 4) is 0 Å². The fourth-order valence-electron chi connectivity index (χ4n) is 2.35. The van der Waals surface area contributed by atoms with Crippen molar-refractivity contribution in [3.63, 3.8) is 0 Å². The molecule has 2 nitrogen and oxygen atoms in total. The molecule has 1 unspecified atom stereocenters. The zero-order chi connectivity index (χ0) is 12.6. The van der Waals surface area contributed by atoms with Gasteiger partial charge in [-0.2, -0.15) is 0 Å². The molecule has 2 N–H and O–H groups in total. The third-order valence-electron chi connectivity index (χ3n) is 3.46. The molecule has 0 saturated carbocycles. The lowest BCUT2D eigenvalue weighted by Gasteiger charge is -2.34. The minimum absolute atomic E-state index is 0.666. The molecule has 16 heavy (non-hydrogen) atoms. The summed E-state index contributed by atoms with van der Waals surface area (Å²) in [6.45, 7) is 14.7. The van der Waals surface area contributed by atoms with E-state index in [2.05, 4.69) is 39.5 Å². The van der Waals surface area contributed by atoms with Gasteiger partial charge >= 0.3 is 0 Å². The zero-order valence-electron chi connectivity index (χ0n) is 12.0. The number of hydrogen-bond acceptors (Lipinski definition) is 2. The highest BCUT2D eigenvalue weighted by Crippen LogP contribution is 2.15. The Kier molecular flexibility index (Phi) is 8.96. The summed E-state index contributed by atoms with van der Waals surface area (Å²) in [5, 5.41) is 0. The van der Waals surface area contributed by atoms with E-state index < -0.39 is 0 Å². The first-order chi connectivity index (χ1) is 7.58. The molecule has 0 amide bonds. The van der Waals surface area contributed by atoms with Gasteiger partial charge in [-0.25, -0.2) is 0 Å². The maximum atomic E-state index is 5.82. The van der Waals surface area contributed by atoms with Gasteiger partial charge in [0, 0.05) is 19.1 Å². The van der Waals surface area contributed by atoms with Crippen molar-refractivity contribution >= 4 is 0 Å². The highest BCUT2D eigenvalue weighted by molar-refractivity contribution is 4.74. The largest absolute Gasteiger partial charge is 0.330 e. The van der Waals surface area contributed by atoms with Crippen molar-refractivity contribution in [2.24, 2.45) is 17.6 Å². The van der Waals surface area contributed by atoms with Crippen molar-refractivity contribution in [3.05, 3.63) is 0 Å². The van der Waals surface area contributed by atoms with Crippen LogP contribution in [0, 0.1) is 11.8 Å². The van der Waals surface area contributed by atoms with Crippen LogP contribution in [-0.4, -0.2) is 30.6 Å². The second kappa shape index (κ2) is 9.00. The van der Waals surface area contributed by atoms with E-state index in [1.54, 1.807) is 0 Å². The van der Waals surface area contributed by atoms with Crippen LogP contribution in [0.5, 0.6) is 0 Å². The van der Waals surface area contributed by atoms with E-state index in [1.165, 1.54) is 32.4 Å². The number of hydrogen-bond donors (Lipinski definition) is 1. The predicted octanol–water partition coefficient (Wildman–Crippen LogP) is 3.12. The van der Waals surface area contributed by atoms with Crippen molar-refractivity contribution in [1.29, 1.82) is 0 Å². The quantitative estimate of drug-likeness (QED) is 0.657. The zero-order valence-corrected chi connectivity index (χ0v) is 12.0. The maximum absolute atomic E-state index is 5.82. The Labute approximate surface area is 103 Å². The van der Waals surface area contributed by atoms with Gasteiger partial charge in [0.15, 0.2) is 0 Å². The molecular formula is C14H32N2. The molecule has 0 aromatic rings. The van der Waals surface area contributed by atoms with Crippen LogP contribution >= 0.6 is 0 Å². The average molecular weight is 228 g/mol. The number of rotatable bonds is 9. The molecule has 98 valence electrons. The van der Waals surface area contributed by atoms with Crippen LogP contribution in [0.15, 0.2) is 0 Å². The topological polar surface area (TPSA) is 29.3 Å². The Morgan fingerprint density at radius 2 is 1.50 bits per heavy atom. The SMILES string of the molecule is CCC(CN)CN(CC(C)C)C(CC)CC. The monoisotopic (exact) mass is 228 g/mol. The second-order valence-corrected chi connectivity index (χ2v) is 5.33. The minimum Gasteiger partial charge on any atom is -0.330 e. The molecule has 0 saturated heterocycles. The highest BCUT2D eigenvalue weighted by Gasteiger charge is 2.19. The molecule has 2 heteroatoms. The first kappa shape index (κ1) is 15.9. The third kappa shape index (κ3) is 5.86. The first-order valence-corrected chi connectivity index (χ1v) is 7.02. The summed E-state index contributed by atoms with van der Waals surface area (Å²) in [4.78, 5) is 2.66. The van der Waals surface area contributed by atoms with Crippen molar-refractivity contribution in [1.82, 2.24) is 4.90 Å². The molecule has 0 aliphatic rings. The average Bonchev–Trinajstić information content (AvgIpc) is 2.26. The summed E-state index contributed by atoms with van der Waals surface area (Å²) >= 11 is 0. The van der Waals surface area contributed by atoms with E-state index in [-0.39, 0.29) is 0 Å². The molecule has 0 heterocycles. The lowest BCUT2D eigenvalue weighted by atomic mass is 10.0.